The van der Waals surface area contributed by atoms with E-state index in [-0.39, 0.29) is 10.6 Å². The van der Waals surface area contributed by atoms with Gasteiger partial charge in [-0.05, 0) is 35.9 Å². The first-order chi connectivity index (χ1) is 10.7. The van der Waals surface area contributed by atoms with E-state index < -0.39 is 0 Å². The monoisotopic (exact) mass is 290 g/mol. The lowest BCUT2D eigenvalue weighted by Crippen LogP contribution is -1.92. The molecule has 0 atom stereocenters. The standard InChI is InChI=1S/C18H14N2O2/c21-20(22)18-9-5-4-8-17(18)14-10-12-16(13-11-14)19-15-6-2-1-3-7-15/h1-13,19H. The van der Waals surface area contributed by atoms with Gasteiger partial charge in [0.15, 0.2) is 0 Å². The molecule has 3 rings (SSSR count). The van der Waals surface area contributed by atoms with Gasteiger partial charge < -0.3 is 5.32 Å². The van der Waals surface area contributed by atoms with Crippen molar-refractivity contribution in [2.24, 2.45) is 0 Å². The Morgan fingerprint density at radius 1 is 0.727 bits per heavy atom. The van der Waals surface area contributed by atoms with Crippen LogP contribution in [0.1, 0.15) is 0 Å². The van der Waals surface area contributed by atoms with Crippen molar-refractivity contribution in [3.05, 3.63) is 89.0 Å². The fraction of sp³-hybridized carbons (Fsp3) is 0. The Kier molecular flexibility index (Phi) is 3.83. The summed E-state index contributed by atoms with van der Waals surface area (Å²) in [5.74, 6) is 0. The minimum atomic E-state index is -0.356. The van der Waals surface area contributed by atoms with E-state index in [0.29, 0.717) is 5.56 Å². The molecule has 0 unspecified atom stereocenters. The normalized spacial score (nSPS) is 10.2. The molecule has 1 N–H and O–H groups in total. The van der Waals surface area contributed by atoms with Crippen LogP contribution in [0.15, 0.2) is 78.9 Å². The minimum absolute atomic E-state index is 0.117. The van der Waals surface area contributed by atoms with Crippen LogP contribution >= 0.6 is 0 Å². The zero-order valence-electron chi connectivity index (χ0n) is 11.8. The van der Waals surface area contributed by atoms with E-state index in [0.717, 1.165) is 16.9 Å². The molecular weight excluding hydrogens is 276 g/mol. The first-order valence-electron chi connectivity index (χ1n) is 6.90. The van der Waals surface area contributed by atoms with Gasteiger partial charge in [0, 0.05) is 17.4 Å². The van der Waals surface area contributed by atoms with E-state index in [4.69, 9.17) is 0 Å². The number of hydrogen-bond donors (Lipinski definition) is 1. The van der Waals surface area contributed by atoms with E-state index in [1.807, 2.05) is 54.6 Å². The molecule has 0 heterocycles. The fourth-order valence-corrected chi connectivity index (χ4v) is 2.30. The van der Waals surface area contributed by atoms with Crippen LogP contribution in [0.25, 0.3) is 11.1 Å². The van der Waals surface area contributed by atoms with E-state index in [9.17, 15) is 10.1 Å². The number of nitro groups is 1. The molecule has 0 amide bonds. The molecule has 0 aromatic heterocycles. The number of para-hydroxylation sites is 2. The van der Waals surface area contributed by atoms with Crippen LogP contribution in [0.3, 0.4) is 0 Å². The van der Waals surface area contributed by atoms with Gasteiger partial charge in [-0.2, -0.15) is 0 Å². The zero-order valence-corrected chi connectivity index (χ0v) is 11.8. The summed E-state index contributed by atoms with van der Waals surface area (Å²) in [6, 6.07) is 24.2. The highest BCUT2D eigenvalue weighted by Gasteiger charge is 2.13. The molecule has 0 aliphatic carbocycles. The number of nitro benzene ring substituents is 1. The summed E-state index contributed by atoms with van der Waals surface area (Å²) < 4.78 is 0. The SMILES string of the molecule is O=[N+]([O-])c1ccccc1-c1ccc(Nc2ccccc2)cc1. The summed E-state index contributed by atoms with van der Waals surface area (Å²) in [5.41, 5.74) is 3.51. The molecule has 3 aromatic carbocycles. The van der Waals surface area contributed by atoms with Crippen molar-refractivity contribution in [3.8, 4) is 11.1 Å². The zero-order chi connectivity index (χ0) is 15.4. The predicted molar refractivity (Wildman–Crippen MR) is 88.3 cm³/mol. The Hall–Kier alpha value is -3.14. The molecule has 4 nitrogen and oxygen atoms in total. The maximum atomic E-state index is 11.1. The predicted octanol–water partition coefficient (Wildman–Crippen LogP) is 5.01. The fourth-order valence-electron chi connectivity index (χ4n) is 2.30. The Labute approximate surface area is 128 Å². The second kappa shape index (κ2) is 6.10. The largest absolute Gasteiger partial charge is 0.356 e. The lowest BCUT2D eigenvalue weighted by molar-refractivity contribution is -0.384. The molecule has 0 aliphatic heterocycles. The van der Waals surface area contributed by atoms with Crippen LogP contribution in [-0.2, 0) is 0 Å². The summed E-state index contributed by atoms with van der Waals surface area (Å²) in [6.45, 7) is 0. The summed E-state index contributed by atoms with van der Waals surface area (Å²) >= 11 is 0. The average molecular weight is 290 g/mol. The lowest BCUT2D eigenvalue weighted by Gasteiger charge is -2.08. The van der Waals surface area contributed by atoms with Crippen LogP contribution < -0.4 is 5.32 Å². The topological polar surface area (TPSA) is 55.2 Å². The van der Waals surface area contributed by atoms with Crippen LogP contribution in [0.5, 0.6) is 0 Å². The molecule has 0 saturated heterocycles. The van der Waals surface area contributed by atoms with Crippen molar-refractivity contribution in [1.82, 2.24) is 0 Å². The number of nitrogens with zero attached hydrogens (tertiary/aromatic N) is 1. The summed E-state index contributed by atoms with van der Waals surface area (Å²) in [7, 11) is 0. The molecule has 22 heavy (non-hydrogen) atoms. The van der Waals surface area contributed by atoms with Gasteiger partial charge in [-0.15, -0.1) is 0 Å². The number of nitrogens with one attached hydrogen (secondary N) is 1. The highest BCUT2D eigenvalue weighted by atomic mass is 16.6. The molecule has 0 spiro atoms. The van der Waals surface area contributed by atoms with Crippen LogP contribution in [0, 0.1) is 10.1 Å². The van der Waals surface area contributed by atoms with E-state index in [2.05, 4.69) is 5.32 Å². The first-order valence-corrected chi connectivity index (χ1v) is 6.90. The second-order valence-electron chi connectivity index (χ2n) is 4.84. The van der Waals surface area contributed by atoms with Crippen LogP contribution in [0.4, 0.5) is 17.1 Å². The third-order valence-electron chi connectivity index (χ3n) is 3.36. The number of hydrogen-bond acceptors (Lipinski definition) is 3. The van der Waals surface area contributed by atoms with E-state index in [1.54, 1.807) is 18.2 Å². The molecule has 3 aromatic rings. The maximum Gasteiger partial charge on any atom is 0.277 e. The molecule has 0 radical (unpaired) electrons. The van der Waals surface area contributed by atoms with Gasteiger partial charge in [0.1, 0.15) is 0 Å². The van der Waals surface area contributed by atoms with Crippen molar-refractivity contribution in [2.45, 2.75) is 0 Å². The highest BCUT2D eigenvalue weighted by molar-refractivity contribution is 5.75. The summed E-state index contributed by atoms with van der Waals surface area (Å²) in [5, 5.41) is 14.4. The number of benzene rings is 3. The molecule has 0 aliphatic rings. The van der Waals surface area contributed by atoms with Crippen molar-refractivity contribution in [2.75, 3.05) is 5.32 Å². The van der Waals surface area contributed by atoms with Gasteiger partial charge in [0.25, 0.3) is 5.69 Å². The van der Waals surface area contributed by atoms with Gasteiger partial charge in [-0.3, -0.25) is 10.1 Å². The van der Waals surface area contributed by atoms with Crippen molar-refractivity contribution in [3.63, 3.8) is 0 Å². The van der Waals surface area contributed by atoms with E-state index in [1.165, 1.54) is 6.07 Å². The smallest absolute Gasteiger partial charge is 0.277 e. The Morgan fingerprint density at radius 3 is 2.00 bits per heavy atom. The van der Waals surface area contributed by atoms with Gasteiger partial charge in [-0.1, -0.05) is 42.5 Å². The number of anilines is 2. The molecule has 0 fully saturated rings. The average Bonchev–Trinajstić information content (AvgIpc) is 2.56. The van der Waals surface area contributed by atoms with Crippen molar-refractivity contribution in [1.29, 1.82) is 0 Å². The minimum Gasteiger partial charge on any atom is -0.356 e. The Morgan fingerprint density at radius 2 is 1.32 bits per heavy atom. The Balaban J connectivity index is 1.87. The first kappa shape index (κ1) is 13.8. The summed E-state index contributed by atoms with van der Waals surface area (Å²) in [6.07, 6.45) is 0. The van der Waals surface area contributed by atoms with Crippen LogP contribution in [-0.4, -0.2) is 4.92 Å². The van der Waals surface area contributed by atoms with Gasteiger partial charge in [0.05, 0.1) is 10.5 Å². The highest BCUT2D eigenvalue weighted by Crippen LogP contribution is 2.30. The van der Waals surface area contributed by atoms with Gasteiger partial charge in [0.2, 0.25) is 0 Å². The quantitative estimate of drug-likeness (QED) is 0.543. The Bertz CT molecular complexity index is 784. The van der Waals surface area contributed by atoms with Gasteiger partial charge in [-0.25, -0.2) is 0 Å². The molecule has 0 saturated carbocycles. The molecule has 4 heteroatoms. The lowest BCUT2D eigenvalue weighted by atomic mass is 10.0. The summed E-state index contributed by atoms with van der Waals surface area (Å²) in [4.78, 5) is 10.7. The van der Waals surface area contributed by atoms with E-state index >= 15 is 0 Å². The molecular formula is C18H14N2O2. The van der Waals surface area contributed by atoms with Crippen molar-refractivity contribution >= 4 is 17.1 Å². The van der Waals surface area contributed by atoms with Crippen LogP contribution in [0.2, 0.25) is 0 Å². The maximum absolute atomic E-state index is 11.1. The number of rotatable bonds is 4. The molecule has 108 valence electrons. The molecule has 0 bridgehead atoms. The van der Waals surface area contributed by atoms with Crippen molar-refractivity contribution < 1.29 is 4.92 Å². The second-order valence-corrected chi connectivity index (χ2v) is 4.84. The third kappa shape index (κ3) is 2.96. The third-order valence-corrected chi connectivity index (χ3v) is 3.36. The van der Waals surface area contributed by atoms with Gasteiger partial charge >= 0.3 is 0 Å².